The molecule has 2 N–H and O–H groups in total. The zero-order valence-electron chi connectivity index (χ0n) is 19.2. The van der Waals surface area contributed by atoms with Crippen LogP contribution in [-0.2, 0) is 16.0 Å². The molecule has 0 saturated carbocycles. The smallest absolute Gasteiger partial charge is 0.321 e. The van der Waals surface area contributed by atoms with Crippen LogP contribution in [0.1, 0.15) is 30.4 Å². The van der Waals surface area contributed by atoms with E-state index in [1.165, 1.54) is 0 Å². The minimum absolute atomic E-state index is 0.0392. The summed E-state index contributed by atoms with van der Waals surface area (Å²) in [5.74, 6) is 0.858. The maximum absolute atomic E-state index is 12.6. The first-order valence-corrected chi connectivity index (χ1v) is 11.9. The summed E-state index contributed by atoms with van der Waals surface area (Å²) in [6.07, 6.45) is 2.20. The number of nitrogens with zero attached hydrogens (tertiary/aromatic N) is 2. The fourth-order valence-electron chi connectivity index (χ4n) is 4.05. The number of halogens is 1. The van der Waals surface area contributed by atoms with Crippen LogP contribution in [0.5, 0.6) is 5.75 Å². The standard InChI is InChI=1S/C25H29ClN4O4/c1-17-4-6-19(16-21(17)26)27-25(33)30-12-10-29(11-13-30)24(32)3-2-14-34-20-7-8-22-18(15-20)5-9-23(31)28-22/h4,6-8,15-16H,2-3,5,9-14H2,1H3,(H,27,33)(H,28,31). The number of amides is 4. The molecule has 0 atom stereocenters. The van der Waals surface area contributed by atoms with Crippen molar-refractivity contribution in [2.45, 2.75) is 32.6 Å². The lowest BCUT2D eigenvalue weighted by atomic mass is 10.0. The average molecular weight is 485 g/mol. The number of hydrogen-bond acceptors (Lipinski definition) is 4. The summed E-state index contributed by atoms with van der Waals surface area (Å²) in [5.41, 5.74) is 3.52. The number of urea groups is 1. The number of benzene rings is 2. The molecule has 1 saturated heterocycles. The average Bonchev–Trinajstić information content (AvgIpc) is 2.84. The van der Waals surface area contributed by atoms with Gasteiger partial charge >= 0.3 is 6.03 Å². The lowest BCUT2D eigenvalue weighted by molar-refractivity contribution is -0.132. The highest BCUT2D eigenvalue weighted by atomic mass is 35.5. The Morgan fingerprint density at radius 1 is 1.06 bits per heavy atom. The van der Waals surface area contributed by atoms with Crippen LogP contribution in [0.3, 0.4) is 0 Å². The van der Waals surface area contributed by atoms with Gasteiger partial charge in [0.05, 0.1) is 6.61 Å². The summed E-state index contributed by atoms with van der Waals surface area (Å²) in [6.45, 7) is 4.35. The molecule has 0 bridgehead atoms. The van der Waals surface area contributed by atoms with Crippen molar-refractivity contribution in [1.29, 1.82) is 0 Å². The first kappa shape index (κ1) is 23.9. The molecule has 34 heavy (non-hydrogen) atoms. The number of carbonyl (C=O) groups is 3. The number of rotatable bonds is 6. The number of anilines is 2. The van der Waals surface area contributed by atoms with Crippen molar-refractivity contribution in [2.75, 3.05) is 43.4 Å². The predicted molar refractivity (Wildman–Crippen MR) is 131 cm³/mol. The minimum Gasteiger partial charge on any atom is -0.494 e. The molecule has 0 unspecified atom stereocenters. The van der Waals surface area contributed by atoms with Crippen molar-refractivity contribution in [1.82, 2.24) is 9.80 Å². The first-order valence-electron chi connectivity index (χ1n) is 11.5. The molecule has 9 heteroatoms. The molecule has 180 valence electrons. The Balaban J connectivity index is 1.16. The molecule has 2 aromatic carbocycles. The van der Waals surface area contributed by atoms with Gasteiger partial charge < -0.3 is 25.2 Å². The van der Waals surface area contributed by atoms with Crippen LogP contribution >= 0.6 is 11.6 Å². The van der Waals surface area contributed by atoms with Gasteiger partial charge in [0.2, 0.25) is 11.8 Å². The first-order chi connectivity index (χ1) is 16.4. The molecule has 0 aromatic heterocycles. The number of hydrogen-bond donors (Lipinski definition) is 2. The van der Waals surface area contributed by atoms with Crippen LogP contribution in [-0.4, -0.2) is 60.4 Å². The van der Waals surface area contributed by atoms with Crippen molar-refractivity contribution in [3.8, 4) is 5.75 Å². The summed E-state index contributed by atoms with van der Waals surface area (Å²) in [4.78, 5) is 40.1. The molecule has 0 aliphatic carbocycles. The molecule has 2 aromatic rings. The van der Waals surface area contributed by atoms with Gasteiger partial charge in [0.25, 0.3) is 0 Å². The van der Waals surface area contributed by atoms with Crippen LogP contribution in [0, 0.1) is 6.92 Å². The van der Waals surface area contributed by atoms with Gasteiger partial charge in [-0.25, -0.2) is 4.79 Å². The van der Waals surface area contributed by atoms with Crippen molar-refractivity contribution >= 4 is 40.8 Å². The molecular formula is C25H29ClN4O4. The van der Waals surface area contributed by atoms with Crippen molar-refractivity contribution in [2.24, 2.45) is 0 Å². The highest BCUT2D eigenvalue weighted by Gasteiger charge is 2.24. The summed E-state index contributed by atoms with van der Waals surface area (Å²) in [6, 6.07) is 10.9. The van der Waals surface area contributed by atoms with Crippen LogP contribution < -0.4 is 15.4 Å². The van der Waals surface area contributed by atoms with Crippen LogP contribution in [0.25, 0.3) is 0 Å². The van der Waals surface area contributed by atoms with Gasteiger partial charge in [-0.15, -0.1) is 0 Å². The zero-order valence-corrected chi connectivity index (χ0v) is 20.0. The zero-order chi connectivity index (χ0) is 24.1. The third-order valence-corrected chi connectivity index (χ3v) is 6.53. The second kappa shape index (κ2) is 10.8. The second-order valence-corrected chi connectivity index (χ2v) is 8.99. The Labute approximate surface area is 204 Å². The van der Waals surface area contributed by atoms with E-state index >= 15 is 0 Å². The third kappa shape index (κ3) is 5.99. The molecule has 4 rings (SSSR count). The summed E-state index contributed by atoms with van der Waals surface area (Å²) in [7, 11) is 0. The monoisotopic (exact) mass is 484 g/mol. The third-order valence-electron chi connectivity index (χ3n) is 6.12. The fraction of sp³-hybridized carbons (Fsp3) is 0.400. The molecule has 1 fully saturated rings. The minimum atomic E-state index is -0.190. The van der Waals surface area contributed by atoms with Crippen molar-refractivity contribution in [3.63, 3.8) is 0 Å². The summed E-state index contributed by atoms with van der Waals surface area (Å²) >= 11 is 6.13. The Morgan fingerprint density at radius 2 is 1.82 bits per heavy atom. The lowest BCUT2D eigenvalue weighted by Gasteiger charge is -2.34. The van der Waals surface area contributed by atoms with Gasteiger partial charge in [-0.2, -0.15) is 0 Å². The van der Waals surface area contributed by atoms with E-state index in [1.807, 2.05) is 37.3 Å². The number of piperazine rings is 1. The highest BCUT2D eigenvalue weighted by molar-refractivity contribution is 6.31. The van der Waals surface area contributed by atoms with E-state index in [4.69, 9.17) is 16.3 Å². The number of fused-ring (bicyclic) bond motifs is 1. The van der Waals surface area contributed by atoms with Gasteiger partial charge in [-0.3, -0.25) is 9.59 Å². The number of carbonyl (C=O) groups excluding carboxylic acids is 3. The van der Waals surface area contributed by atoms with E-state index in [-0.39, 0.29) is 17.8 Å². The Bertz CT molecular complexity index is 1080. The largest absolute Gasteiger partial charge is 0.494 e. The summed E-state index contributed by atoms with van der Waals surface area (Å²) < 4.78 is 5.80. The van der Waals surface area contributed by atoms with Gasteiger partial charge in [0.1, 0.15) is 5.75 Å². The van der Waals surface area contributed by atoms with E-state index < -0.39 is 0 Å². The summed E-state index contributed by atoms with van der Waals surface area (Å²) in [5, 5.41) is 6.33. The molecule has 8 nitrogen and oxygen atoms in total. The quantitative estimate of drug-likeness (QED) is 0.605. The maximum Gasteiger partial charge on any atom is 0.321 e. The van der Waals surface area contributed by atoms with Gasteiger partial charge in [0, 0.05) is 55.4 Å². The molecule has 4 amide bonds. The van der Waals surface area contributed by atoms with E-state index in [9.17, 15) is 14.4 Å². The van der Waals surface area contributed by atoms with Crippen LogP contribution in [0.4, 0.5) is 16.2 Å². The Hall–Kier alpha value is -3.26. The van der Waals surface area contributed by atoms with Gasteiger partial charge in [-0.05, 0) is 61.2 Å². The van der Waals surface area contributed by atoms with E-state index in [1.54, 1.807) is 15.9 Å². The predicted octanol–water partition coefficient (Wildman–Crippen LogP) is 4.07. The van der Waals surface area contributed by atoms with E-state index in [2.05, 4.69) is 10.6 Å². The number of ether oxygens (including phenoxy) is 1. The SMILES string of the molecule is Cc1ccc(NC(=O)N2CCN(C(=O)CCCOc3ccc4c(c3)CCC(=O)N4)CC2)cc1Cl. The van der Waals surface area contributed by atoms with Crippen LogP contribution in [0.2, 0.25) is 5.02 Å². The Kier molecular flexibility index (Phi) is 7.57. The molecule has 2 aliphatic heterocycles. The van der Waals surface area contributed by atoms with Crippen molar-refractivity contribution < 1.29 is 19.1 Å². The molecule has 0 radical (unpaired) electrons. The van der Waals surface area contributed by atoms with E-state index in [0.717, 1.165) is 22.6 Å². The van der Waals surface area contributed by atoms with Gasteiger partial charge in [-0.1, -0.05) is 17.7 Å². The topological polar surface area (TPSA) is 91.0 Å². The van der Waals surface area contributed by atoms with Crippen LogP contribution in [0.15, 0.2) is 36.4 Å². The lowest BCUT2D eigenvalue weighted by Crippen LogP contribution is -2.51. The molecule has 0 spiro atoms. The fourth-order valence-corrected chi connectivity index (χ4v) is 4.23. The van der Waals surface area contributed by atoms with Crippen molar-refractivity contribution in [3.05, 3.63) is 52.5 Å². The highest BCUT2D eigenvalue weighted by Crippen LogP contribution is 2.27. The number of nitrogens with one attached hydrogen (secondary N) is 2. The van der Waals surface area contributed by atoms with E-state index in [0.29, 0.717) is 69.2 Å². The van der Waals surface area contributed by atoms with Gasteiger partial charge in [0.15, 0.2) is 0 Å². The molecular weight excluding hydrogens is 456 g/mol. The maximum atomic E-state index is 12.6. The normalized spacial score (nSPS) is 15.4. The second-order valence-electron chi connectivity index (χ2n) is 8.58. The molecule has 2 aliphatic rings. The molecule has 2 heterocycles. The Morgan fingerprint density at radius 3 is 2.59 bits per heavy atom. The number of aryl methyl sites for hydroxylation is 2.